The summed E-state index contributed by atoms with van der Waals surface area (Å²) < 4.78 is 5.23. The number of amides is 2. The molecule has 2 heterocycles. The van der Waals surface area contributed by atoms with Crippen LogP contribution in [0.1, 0.15) is 20.8 Å². The Labute approximate surface area is 134 Å². The first-order chi connectivity index (χ1) is 11.2. The molecule has 1 fully saturated rings. The second-order valence-corrected chi connectivity index (χ2v) is 5.16. The van der Waals surface area contributed by atoms with Crippen molar-refractivity contribution in [2.75, 3.05) is 31.6 Å². The summed E-state index contributed by atoms with van der Waals surface area (Å²) >= 11 is 0. The highest BCUT2D eigenvalue weighted by atomic mass is 16.5. The Morgan fingerprint density at radius 1 is 1.04 bits per heavy atom. The van der Waals surface area contributed by atoms with Gasteiger partial charge in [0.1, 0.15) is 5.69 Å². The minimum absolute atomic E-state index is 0.116. The summed E-state index contributed by atoms with van der Waals surface area (Å²) in [4.78, 5) is 30.2. The lowest BCUT2D eigenvalue weighted by Crippen LogP contribution is -2.41. The maximum absolute atomic E-state index is 12.3. The van der Waals surface area contributed by atoms with Gasteiger partial charge in [-0.3, -0.25) is 9.59 Å². The third kappa shape index (κ3) is 3.73. The molecule has 1 aromatic carbocycles. The van der Waals surface area contributed by atoms with E-state index < -0.39 is 0 Å². The maximum atomic E-state index is 12.3. The van der Waals surface area contributed by atoms with E-state index in [9.17, 15) is 9.59 Å². The molecular weight excluding hydrogens is 294 g/mol. The van der Waals surface area contributed by atoms with Gasteiger partial charge in [-0.2, -0.15) is 0 Å². The normalized spacial score (nSPS) is 14.3. The van der Waals surface area contributed by atoms with Crippen LogP contribution in [0.2, 0.25) is 0 Å². The predicted molar refractivity (Wildman–Crippen MR) is 85.4 cm³/mol. The van der Waals surface area contributed by atoms with Crippen LogP contribution in [-0.4, -0.2) is 48.0 Å². The molecule has 6 heteroatoms. The first-order valence-corrected chi connectivity index (χ1v) is 7.43. The molecule has 3 rings (SSSR count). The molecule has 1 aliphatic rings. The quantitative estimate of drug-likeness (QED) is 0.938. The van der Waals surface area contributed by atoms with Crippen molar-refractivity contribution in [3.63, 3.8) is 0 Å². The highest BCUT2D eigenvalue weighted by Crippen LogP contribution is 2.11. The van der Waals surface area contributed by atoms with Crippen LogP contribution in [0.5, 0.6) is 0 Å². The third-order valence-electron chi connectivity index (χ3n) is 3.57. The van der Waals surface area contributed by atoms with Crippen LogP contribution in [0.25, 0.3) is 0 Å². The van der Waals surface area contributed by atoms with Gasteiger partial charge in [0.2, 0.25) is 0 Å². The number of hydrogen-bond donors (Lipinski definition) is 1. The minimum atomic E-state index is -0.209. The van der Waals surface area contributed by atoms with Gasteiger partial charge in [0, 0.05) is 18.7 Å². The Morgan fingerprint density at radius 3 is 2.43 bits per heavy atom. The second kappa shape index (κ2) is 7.02. The summed E-state index contributed by atoms with van der Waals surface area (Å²) in [6.07, 6.45) is 1.49. The van der Waals surface area contributed by atoms with E-state index in [1.807, 2.05) is 6.07 Å². The average molecular weight is 311 g/mol. The lowest BCUT2D eigenvalue weighted by atomic mass is 10.2. The SMILES string of the molecule is O=C(Nc1ccc(C(=O)N2CCOCC2)nc1)c1ccccc1. The second-order valence-electron chi connectivity index (χ2n) is 5.16. The number of nitrogens with one attached hydrogen (secondary N) is 1. The monoisotopic (exact) mass is 311 g/mol. The molecule has 0 spiro atoms. The van der Waals surface area contributed by atoms with Gasteiger partial charge in [0.05, 0.1) is 25.1 Å². The van der Waals surface area contributed by atoms with Gasteiger partial charge in [0.15, 0.2) is 0 Å². The van der Waals surface area contributed by atoms with Crippen molar-refractivity contribution in [1.29, 1.82) is 0 Å². The van der Waals surface area contributed by atoms with Gasteiger partial charge >= 0.3 is 0 Å². The molecular formula is C17H17N3O3. The average Bonchev–Trinajstić information content (AvgIpc) is 2.63. The topological polar surface area (TPSA) is 71.5 Å². The van der Waals surface area contributed by atoms with E-state index in [-0.39, 0.29) is 11.8 Å². The number of benzene rings is 1. The lowest BCUT2D eigenvalue weighted by Gasteiger charge is -2.26. The van der Waals surface area contributed by atoms with Crippen LogP contribution in [0.3, 0.4) is 0 Å². The smallest absolute Gasteiger partial charge is 0.272 e. The van der Waals surface area contributed by atoms with E-state index in [1.165, 1.54) is 6.20 Å². The summed E-state index contributed by atoms with van der Waals surface area (Å²) in [7, 11) is 0. The lowest BCUT2D eigenvalue weighted by molar-refractivity contribution is 0.0299. The van der Waals surface area contributed by atoms with Crippen molar-refractivity contribution in [1.82, 2.24) is 9.88 Å². The van der Waals surface area contributed by atoms with Gasteiger partial charge in [-0.25, -0.2) is 4.98 Å². The standard InChI is InChI=1S/C17H17N3O3/c21-16(13-4-2-1-3-5-13)19-14-6-7-15(18-12-14)17(22)20-8-10-23-11-9-20/h1-7,12H,8-11H2,(H,19,21). The summed E-state index contributed by atoms with van der Waals surface area (Å²) in [5, 5.41) is 2.76. The highest BCUT2D eigenvalue weighted by molar-refractivity contribution is 6.04. The number of morpholine rings is 1. The molecule has 0 unspecified atom stereocenters. The Kier molecular flexibility index (Phi) is 4.63. The Morgan fingerprint density at radius 2 is 1.78 bits per heavy atom. The van der Waals surface area contributed by atoms with E-state index in [4.69, 9.17) is 4.74 Å². The van der Waals surface area contributed by atoms with Gasteiger partial charge < -0.3 is 15.0 Å². The van der Waals surface area contributed by atoms with E-state index in [0.717, 1.165) is 0 Å². The minimum Gasteiger partial charge on any atom is -0.378 e. The molecule has 6 nitrogen and oxygen atoms in total. The number of carbonyl (C=O) groups is 2. The largest absolute Gasteiger partial charge is 0.378 e. The number of anilines is 1. The van der Waals surface area contributed by atoms with Gasteiger partial charge in [-0.05, 0) is 24.3 Å². The van der Waals surface area contributed by atoms with Crippen molar-refractivity contribution in [2.45, 2.75) is 0 Å². The fourth-order valence-corrected chi connectivity index (χ4v) is 2.32. The predicted octanol–water partition coefficient (Wildman–Crippen LogP) is 1.81. The van der Waals surface area contributed by atoms with Gasteiger partial charge in [-0.15, -0.1) is 0 Å². The molecule has 0 aliphatic carbocycles. The number of ether oxygens (including phenoxy) is 1. The number of pyridine rings is 1. The number of carbonyl (C=O) groups excluding carboxylic acids is 2. The first-order valence-electron chi connectivity index (χ1n) is 7.43. The van der Waals surface area contributed by atoms with Crippen LogP contribution < -0.4 is 5.32 Å². The molecule has 1 saturated heterocycles. The number of hydrogen-bond acceptors (Lipinski definition) is 4. The molecule has 0 radical (unpaired) electrons. The molecule has 23 heavy (non-hydrogen) atoms. The van der Waals surface area contributed by atoms with Crippen molar-refractivity contribution in [3.05, 3.63) is 59.9 Å². The molecule has 1 aliphatic heterocycles. The van der Waals surface area contributed by atoms with Crippen molar-refractivity contribution < 1.29 is 14.3 Å². The highest BCUT2D eigenvalue weighted by Gasteiger charge is 2.19. The van der Waals surface area contributed by atoms with Gasteiger partial charge in [-0.1, -0.05) is 18.2 Å². The molecule has 1 N–H and O–H groups in total. The zero-order chi connectivity index (χ0) is 16.1. The molecule has 1 aromatic heterocycles. The Hall–Kier alpha value is -2.73. The Balaban J connectivity index is 1.65. The fraction of sp³-hybridized carbons (Fsp3) is 0.235. The summed E-state index contributed by atoms with van der Waals surface area (Å²) in [6.45, 7) is 2.26. The molecule has 0 bridgehead atoms. The first kappa shape index (κ1) is 15.2. The van der Waals surface area contributed by atoms with Gasteiger partial charge in [0.25, 0.3) is 11.8 Å². The van der Waals surface area contributed by atoms with Crippen molar-refractivity contribution in [3.8, 4) is 0 Å². The van der Waals surface area contributed by atoms with Crippen LogP contribution in [0.15, 0.2) is 48.7 Å². The van der Waals surface area contributed by atoms with Crippen molar-refractivity contribution in [2.24, 2.45) is 0 Å². The van der Waals surface area contributed by atoms with Crippen LogP contribution in [-0.2, 0) is 4.74 Å². The molecule has 2 aromatic rings. The molecule has 0 saturated carbocycles. The zero-order valence-corrected chi connectivity index (χ0v) is 12.6. The summed E-state index contributed by atoms with van der Waals surface area (Å²) in [6, 6.07) is 12.2. The number of nitrogens with zero attached hydrogens (tertiary/aromatic N) is 2. The Bertz CT molecular complexity index is 680. The van der Waals surface area contributed by atoms with E-state index in [2.05, 4.69) is 10.3 Å². The molecule has 2 amide bonds. The molecule has 118 valence electrons. The van der Waals surface area contributed by atoms with E-state index >= 15 is 0 Å². The maximum Gasteiger partial charge on any atom is 0.272 e. The third-order valence-corrected chi connectivity index (χ3v) is 3.57. The van der Waals surface area contributed by atoms with Crippen molar-refractivity contribution >= 4 is 17.5 Å². The van der Waals surface area contributed by atoms with Crippen LogP contribution >= 0.6 is 0 Å². The summed E-state index contributed by atoms with van der Waals surface area (Å²) in [5.74, 6) is -0.325. The molecule has 0 atom stereocenters. The van der Waals surface area contributed by atoms with E-state index in [1.54, 1.807) is 41.3 Å². The number of rotatable bonds is 3. The van der Waals surface area contributed by atoms with Crippen LogP contribution in [0, 0.1) is 0 Å². The fourth-order valence-electron chi connectivity index (χ4n) is 2.32. The van der Waals surface area contributed by atoms with E-state index in [0.29, 0.717) is 43.2 Å². The zero-order valence-electron chi connectivity index (χ0n) is 12.6. The number of aromatic nitrogens is 1. The summed E-state index contributed by atoms with van der Waals surface area (Å²) in [5.41, 5.74) is 1.49. The van der Waals surface area contributed by atoms with Crippen LogP contribution in [0.4, 0.5) is 5.69 Å².